The Bertz CT molecular complexity index is 396. The van der Waals surface area contributed by atoms with E-state index in [0.717, 1.165) is 23.9 Å². The third-order valence-corrected chi connectivity index (χ3v) is 3.25. The number of hydrogen-bond acceptors (Lipinski definition) is 5. The molecular formula is C11H14BrN3O2. The van der Waals surface area contributed by atoms with Crippen LogP contribution in [0.3, 0.4) is 0 Å². The molecule has 92 valence electrons. The summed E-state index contributed by atoms with van der Waals surface area (Å²) in [5.74, 6) is 0.453. The molecule has 1 fully saturated rings. The van der Waals surface area contributed by atoms with Crippen LogP contribution in [0.15, 0.2) is 16.9 Å². The SMILES string of the molecule is COC(=O)[C@H]1CCCN(c2ncc(Br)cn2)C1. The number of ether oxygens (including phenoxy) is 1. The van der Waals surface area contributed by atoms with E-state index in [-0.39, 0.29) is 11.9 Å². The van der Waals surface area contributed by atoms with Gasteiger partial charge < -0.3 is 9.64 Å². The van der Waals surface area contributed by atoms with Gasteiger partial charge >= 0.3 is 5.97 Å². The van der Waals surface area contributed by atoms with Crippen LogP contribution in [0, 0.1) is 5.92 Å². The maximum absolute atomic E-state index is 11.5. The van der Waals surface area contributed by atoms with Gasteiger partial charge in [0.2, 0.25) is 5.95 Å². The van der Waals surface area contributed by atoms with Gasteiger partial charge in [0, 0.05) is 25.5 Å². The van der Waals surface area contributed by atoms with Gasteiger partial charge in [-0.25, -0.2) is 9.97 Å². The summed E-state index contributed by atoms with van der Waals surface area (Å²) in [6, 6.07) is 0. The Hall–Kier alpha value is -1.17. The topological polar surface area (TPSA) is 55.3 Å². The zero-order valence-electron chi connectivity index (χ0n) is 9.60. The van der Waals surface area contributed by atoms with Crippen LogP contribution in [0.25, 0.3) is 0 Å². The summed E-state index contributed by atoms with van der Waals surface area (Å²) in [4.78, 5) is 22.0. The van der Waals surface area contributed by atoms with Gasteiger partial charge in [-0.05, 0) is 28.8 Å². The number of rotatable bonds is 2. The highest BCUT2D eigenvalue weighted by atomic mass is 79.9. The van der Waals surface area contributed by atoms with Crippen LogP contribution in [0.5, 0.6) is 0 Å². The molecule has 0 N–H and O–H groups in total. The lowest BCUT2D eigenvalue weighted by Crippen LogP contribution is -2.40. The first-order valence-corrected chi connectivity index (χ1v) is 6.30. The van der Waals surface area contributed by atoms with Gasteiger partial charge in [0.25, 0.3) is 0 Å². The van der Waals surface area contributed by atoms with Gasteiger partial charge in [-0.15, -0.1) is 0 Å². The number of anilines is 1. The molecule has 1 saturated heterocycles. The second-order valence-electron chi connectivity index (χ2n) is 4.01. The summed E-state index contributed by atoms with van der Waals surface area (Å²) in [6.45, 7) is 1.52. The largest absolute Gasteiger partial charge is 0.469 e. The molecule has 0 unspecified atom stereocenters. The van der Waals surface area contributed by atoms with Crippen molar-refractivity contribution in [3.8, 4) is 0 Å². The lowest BCUT2D eigenvalue weighted by Gasteiger charge is -2.31. The molecule has 1 aromatic heterocycles. The van der Waals surface area contributed by atoms with Gasteiger partial charge in [0.15, 0.2) is 0 Å². The normalized spacial score (nSPS) is 20.1. The van der Waals surface area contributed by atoms with Crippen molar-refractivity contribution in [2.45, 2.75) is 12.8 Å². The monoisotopic (exact) mass is 299 g/mol. The number of aromatic nitrogens is 2. The molecule has 0 radical (unpaired) electrons. The molecule has 0 saturated carbocycles. The summed E-state index contributed by atoms with van der Waals surface area (Å²) in [7, 11) is 1.43. The Morgan fingerprint density at radius 1 is 1.53 bits per heavy atom. The Morgan fingerprint density at radius 3 is 2.88 bits per heavy atom. The number of halogens is 1. The molecule has 1 atom stereocenters. The second-order valence-corrected chi connectivity index (χ2v) is 4.93. The highest BCUT2D eigenvalue weighted by Crippen LogP contribution is 2.21. The third-order valence-electron chi connectivity index (χ3n) is 2.85. The summed E-state index contributed by atoms with van der Waals surface area (Å²) < 4.78 is 5.63. The molecule has 0 bridgehead atoms. The van der Waals surface area contributed by atoms with Crippen molar-refractivity contribution < 1.29 is 9.53 Å². The predicted octanol–water partition coefficient (Wildman–Crippen LogP) is 1.63. The van der Waals surface area contributed by atoms with Crippen LogP contribution in [-0.4, -0.2) is 36.1 Å². The number of carbonyl (C=O) groups excluding carboxylic acids is 1. The average Bonchev–Trinajstić information content (AvgIpc) is 2.39. The van der Waals surface area contributed by atoms with Crippen molar-refractivity contribution in [3.63, 3.8) is 0 Å². The number of methoxy groups -OCH3 is 1. The van der Waals surface area contributed by atoms with Crippen molar-refractivity contribution in [2.24, 2.45) is 5.92 Å². The molecule has 5 nitrogen and oxygen atoms in total. The Morgan fingerprint density at radius 2 is 2.24 bits per heavy atom. The summed E-state index contributed by atoms with van der Waals surface area (Å²) in [6.07, 6.45) is 5.26. The minimum Gasteiger partial charge on any atom is -0.469 e. The van der Waals surface area contributed by atoms with E-state index in [9.17, 15) is 4.79 Å². The van der Waals surface area contributed by atoms with Crippen molar-refractivity contribution in [1.82, 2.24) is 9.97 Å². The van der Waals surface area contributed by atoms with E-state index < -0.39 is 0 Å². The van der Waals surface area contributed by atoms with Crippen LogP contribution in [0.4, 0.5) is 5.95 Å². The minimum atomic E-state index is -0.146. The fourth-order valence-electron chi connectivity index (χ4n) is 1.99. The standard InChI is InChI=1S/C11H14BrN3O2/c1-17-10(16)8-3-2-4-15(7-8)11-13-5-9(12)6-14-11/h5-6,8H,2-4,7H2,1H3/t8-/m0/s1. The quantitative estimate of drug-likeness (QED) is 0.777. The first-order chi connectivity index (χ1) is 8.20. The Labute approximate surface area is 108 Å². The van der Waals surface area contributed by atoms with Crippen molar-refractivity contribution in [1.29, 1.82) is 0 Å². The van der Waals surface area contributed by atoms with Crippen LogP contribution in [0.1, 0.15) is 12.8 Å². The molecule has 0 aromatic carbocycles. The number of esters is 1. The first-order valence-electron chi connectivity index (χ1n) is 5.51. The van der Waals surface area contributed by atoms with E-state index in [0.29, 0.717) is 12.5 Å². The van der Waals surface area contributed by atoms with Gasteiger partial charge in [0.05, 0.1) is 17.5 Å². The van der Waals surface area contributed by atoms with E-state index in [2.05, 4.69) is 25.9 Å². The first kappa shape index (κ1) is 12.3. The summed E-state index contributed by atoms with van der Waals surface area (Å²) >= 11 is 3.30. The lowest BCUT2D eigenvalue weighted by molar-refractivity contribution is -0.145. The van der Waals surface area contributed by atoms with Gasteiger partial charge in [0.1, 0.15) is 0 Å². The van der Waals surface area contributed by atoms with E-state index in [4.69, 9.17) is 4.74 Å². The van der Waals surface area contributed by atoms with E-state index in [1.807, 2.05) is 4.90 Å². The van der Waals surface area contributed by atoms with E-state index in [1.165, 1.54) is 7.11 Å². The molecule has 0 amide bonds. The third kappa shape index (κ3) is 2.94. The highest BCUT2D eigenvalue weighted by molar-refractivity contribution is 9.10. The number of piperidine rings is 1. The van der Waals surface area contributed by atoms with Crippen molar-refractivity contribution >= 4 is 27.8 Å². The van der Waals surface area contributed by atoms with Gasteiger partial charge in [-0.2, -0.15) is 0 Å². The molecule has 2 heterocycles. The molecule has 1 aliphatic heterocycles. The maximum atomic E-state index is 11.5. The molecule has 6 heteroatoms. The summed E-state index contributed by atoms with van der Waals surface area (Å²) in [5.41, 5.74) is 0. The number of nitrogens with zero attached hydrogens (tertiary/aromatic N) is 3. The summed E-state index contributed by atoms with van der Waals surface area (Å²) in [5, 5.41) is 0. The van der Waals surface area contributed by atoms with Gasteiger partial charge in [-0.3, -0.25) is 4.79 Å². The van der Waals surface area contributed by atoms with Crippen LogP contribution >= 0.6 is 15.9 Å². The predicted molar refractivity (Wildman–Crippen MR) is 66.7 cm³/mol. The van der Waals surface area contributed by atoms with E-state index in [1.54, 1.807) is 12.4 Å². The number of hydrogen-bond donors (Lipinski definition) is 0. The van der Waals surface area contributed by atoms with Crippen LogP contribution in [0.2, 0.25) is 0 Å². The Balaban J connectivity index is 2.06. The maximum Gasteiger partial charge on any atom is 0.310 e. The molecule has 0 spiro atoms. The Kier molecular flexibility index (Phi) is 3.93. The van der Waals surface area contributed by atoms with Crippen LogP contribution in [-0.2, 0) is 9.53 Å². The molecular weight excluding hydrogens is 286 g/mol. The second kappa shape index (κ2) is 5.44. The van der Waals surface area contributed by atoms with Crippen LogP contribution < -0.4 is 4.90 Å². The molecule has 2 rings (SSSR count). The fraction of sp³-hybridized carbons (Fsp3) is 0.545. The minimum absolute atomic E-state index is 0.0685. The fourth-order valence-corrected chi connectivity index (χ4v) is 2.19. The molecule has 0 aliphatic carbocycles. The smallest absolute Gasteiger partial charge is 0.310 e. The zero-order valence-corrected chi connectivity index (χ0v) is 11.2. The van der Waals surface area contributed by atoms with Crippen molar-refractivity contribution in [2.75, 3.05) is 25.1 Å². The van der Waals surface area contributed by atoms with Gasteiger partial charge in [-0.1, -0.05) is 0 Å². The number of carbonyl (C=O) groups is 1. The zero-order chi connectivity index (χ0) is 12.3. The molecule has 17 heavy (non-hydrogen) atoms. The molecule has 1 aromatic rings. The highest BCUT2D eigenvalue weighted by Gasteiger charge is 2.27. The average molecular weight is 300 g/mol. The van der Waals surface area contributed by atoms with E-state index >= 15 is 0 Å². The molecule has 1 aliphatic rings. The van der Waals surface area contributed by atoms with Crippen molar-refractivity contribution in [3.05, 3.63) is 16.9 Å². The lowest BCUT2D eigenvalue weighted by atomic mass is 9.98.